The zero-order valence-electron chi connectivity index (χ0n) is 20.2. The summed E-state index contributed by atoms with van der Waals surface area (Å²) in [5, 5.41) is 37.3. The second kappa shape index (κ2) is 20.1. The van der Waals surface area contributed by atoms with Crippen LogP contribution in [-0.4, -0.2) is 85.0 Å². The molecule has 0 aliphatic carbocycles. The van der Waals surface area contributed by atoms with Crippen molar-refractivity contribution in [3.05, 3.63) is 11.6 Å². The summed E-state index contributed by atoms with van der Waals surface area (Å²) in [6.07, 6.45) is 7.02. The smallest absolute Gasteiger partial charge is 0.101 e. The highest BCUT2D eigenvalue weighted by atomic mass is 16.5. The van der Waals surface area contributed by atoms with Gasteiger partial charge in [-0.15, -0.1) is 0 Å². The van der Waals surface area contributed by atoms with E-state index in [1.807, 2.05) is 0 Å². The first-order valence-corrected chi connectivity index (χ1v) is 11.8. The van der Waals surface area contributed by atoms with E-state index in [0.717, 1.165) is 18.3 Å². The van der Waals surface area contributed by atoms with Crippen LogP contribution in [0.15, 0.2) is 11.6 Å². The van der Waals surface area contributed by atoms with Crippen molar-refractivity contribution in [2.45, 2.75) is 84.5 Å². The summed E-state index contributed by atoms with van der Waals surface area (Å²) >= 11 is 0. The minimum absolute atomic E-state index is 0.00947. The molecule has 0 saturated carbocycles. The van der Waals surface area contributed by atoms with Crippen LogP contribution in [0, 0.1) is 11.8 Å². The van der Waals surface area contributed by atoms with Gasteiger partial charge in [-0.05, 0) is 31.6 Å². The van der Waals surface area contributed by atoms with Crippen LogP contribution in [-0.2, 0) is 14.2 Å². The first-order chi connectivity index (χ1) is 14.7. The molecule has 7 nitrogen and oxygen atoms in total. The molecule has 186 valence electrons. The largest absolute Gasteiger partial charge is 0.394 e. The number of aliphatic hydroxyl groups excluding tert-OH is 4. The van der Waals surface area contributed by atoms with Crippen molar-refractivity contribution in [1.82, 2.24) is 0 Å². The average molecular weight is 449 g/mol. The van der Waals surface area contributed by atoms with Crippen molar-refractivity contribution < 1.29 is 34.6 Å². The van der Waals surface area contributed by atoms with Gasteiger partial charge in [-0.2, -0.15) is 0 Å². The Balaban J connectivity index is 3.66. The zero-order chi connectivity index (χ0) is 23.5. The van der Waals surface area contributed by atoms with Crippen molar-refractivity contribution in [2.24, 2.45) is 11.8 Å². The molecular formula is C24H48O7. The Hall–Kier alpha value is -0.540. The van der Waals surface area contributed by atoms with Crippen molar-refractivity contribution in [2.75, 3.05) is 46.2 Å². The van der Waals surface area contributed by atoms with E-state index in [9.17, 15) is 10.2 Å². The predicted molar refractivity (Wildman–Crippen MR) is 123 cm³/mol. The number of hydrogen-bond donors (Lipinski definition) is 4. The molecule has 0 aromatic carbocycles. The third-order valence-corrected chi connectivity index (χ3v) is 5.06. The maximum Gasteiger partial charge on any atom is 0.101 e. The van der Waals surface area contributed by atoms with Gasteiger partial charge in [0.2, 0.25) is 0 Å². The molecule has 0 saturated heterocycles. The van der Waals surface area contributed by atoms with Crippen LogP contribution in [0.4, 0.5) is 0 Å². The lowest BCUT2D eigenvalue weighted by Gasteiger charge is -2.15. The van der Waals surface area contributed by atoms with Gasteiger partial charge in [0.15, 0.2) is 0 Å². The quantitative estimate of drug-likeness (QED) is 0.158. The molecule has 0 aliphatic heterocycles. The highest BCUT2D eigenvalue weighted by molar-refractivity contribution is 4.97. The fraction of sp³-hybridized carbons (Fsp3) is 0.917. The van der Waals surface area contributed by atoms with Crippen molar-refractivity contribution in [3.63, 3.8) is 0 Å². The summed E-state index contributed by atoms with van der Waals surface area (Å²) in [7, 11) is 0. The summed E-state index contributed by atoms with van der Waals surface area (Å²) < 4.78 is 15.8. The zero-order valence-corrected chi connectivity index (χ0v) is 20.2. The summed E-state index contributed by atoms with van der Waals surface area (Å²) in [4.78, 5) is 0. The number of hydrogen-bond acceptors (Lipinski definition) is 7. The van der Waals surface area contributed by atoms with Gasteiger partial charge in [-0.1, -0.05) is 58.1 Å². The average Bonchev–Trinajstić information content (AvgIpc) is 2.70. The number of rotatable bonds is 21. The standard InChI is InChI=1S/C24H48O7/c1-19(2)7-5-8-20(3)9-6-10-21(4)11-12-29-15-23(27)16-31-18-24(28)17-30-14-22(26)13-25/h11,19-20,22-28H,5-10,12-18H2,1-4H3/b21-11+. The molecule has 0 rings (SSSR count). The van der Waals surface area contributed by atoms with Crippen LogP contribution in [0.3, 0.4) is 0 Å². The lowest BCUT2D eigenvalue weighted by atomic mass is 9.94. The number of aliphatic hydroxyl groups is 4. The van der Waals surface area contributed by atoms with Gasteiger partial charge in [-0.25, -0.2) is 0 Å². The van der Waals surface area contributed by atoms with Crippen molar-refractivity contribution in [1.29, 1.82) is 0 Å². The first kappa shape index (κ1) is 30.5. The molecule has 0 aliphatic rings. The third-order valence-electron chi connectivity index (χ3n) is 5.06. The van der Waals surface area contributed by atoms with Crippen LogP contribution >= 0.6 is 0 Å². The van der Waals surface area contributed by atoms with Gasteiger partial charge in [0.25, 0.3) is 0 Å². The summed E-state index contributed by atoms with van der Waals surface area (Å²) in [5.74, 6) is 1.59. The minimum atomic E-state index is -0.951. The fourth-order valence-corrected chi connectivity index (χ4v) is 3.08. The van der Waals surface area contributed by atoms with Crippen molar-refractivity contribution >= 4 is 0 Å². The van der Waals surface area contributed by atoms with Crippen LogP contribution in [0.2, 0.25) is 0 Å². The highest BCUT2D eigenvalue weighted by Gasteiger charge is 2.10. The minimum Gasteiger partial charge on any atom is -0.394 e. The molecule has 0 spiro atoms. The normalized spacial score (nSPS) is 16.5. The van der Waals surface area contributed by atoms with E-state index in [1.54, 1.807) is 0 Å². The Bertz CT molecular complexity index is 428. The Labute approximate surface area is 189 Å². The summed E-state index contributed by atoms with van der Waals surface area (Å²) in [6, 6.07) is 0. The second-order valence-corrected chi connectivity index (χ2v) is 9.13. The van der Waals surface area contributed by atoms with Gasteiger partial charge in [0.05, 0.1) is 46.2 Å². The van der Waals surface area contributed by atoms with Crippen molar-refractivity contribution in [3.8, 4) is 0 Å². The van der Waals surface area contributed by atoms with Gasteiger partial charge in [-0.3, -0.25) is 0 Å². The molecule has 0 bridgehead atoms. The predicted octanol–water partition coefficient (Wildman–Crippen LogP) is 2.69. The SMILES string of the molecule is C/C(=C\COCC(O)COCC(O)COCC(O)CO)CCCC(C)CCCC(C)C. The number of ether oxygens (including phenoxy) is 3. The van der Waals surface area contributed by atoms with E-state index in [4.69, 9.17) is 24.4 Å². The van der Waals surface area contributed by atoms with E-state index in [1.165, 1.54) is 37.7 Å². The summed E-state index contributed by atoms with van der Waals surface area (Å²) in [5.41, 5.74) is 1.31. The Morgan fingerprint density at radius 2 is 1.26 bits per heavy atom. The third kappa shape index (κ3) is 21.1. The summed E-state index contributed by atoms with van der Waals surface area (Å²) in [6.45, 7) is 9.31. The van der Waals surface area contributed by atoms with E-state index < -0.39 is 18.3 Å². The maximum atomic E-state index is 9.87. The molecule has 4 unspecified atom stereocenters. The van der Waals surface area contributed by atoms with Crippen LogP contribution in [0.1, 0.15) is 66.2 Å². The van der Waals surface area contributed by atoms with Gasteiger partial charge < -0.3 is 34.6 Å². The maximum absolute atomic E-state index is 9.87. The van der Waals surface area contributed by atoms with Crippen LogP contribution in [0.5, 0.6) is 0 Å². The lowest BCUT2D eigenvalue weighted by molar-refractivity contribution is -0.0662. The van der Waals surface area contributed by atoms with E-state index in [0.29, 0.717) is 6.61 Å². The molecule has 7 heteroatoms. The lowest BCUT2D eigenvalue weighted by Crippen LogP contribution is -2.29. The molecule has 0 aromatic heterocycles. The molecule has 0 amide bonds. The van der Waals surface area contributed by atoms with Gasteiger partial charge in [0.1, 0.15) is 18.3 Å². The van der Waals surface area contributed by atoms with E-state index in [2.05, 4.69) is 33.8 Å². The molecule has 0 fully saturated rings. The molecule has 4 N–H and O–H groups in total. The fourth-order valence-electron chi connectivity index (χ4n) is 3.08. The molecule has 4 atom stereocenters. The van der Waals surface area contributed by atoms with Gasteiger partial charge >= 0.3 is 0 Å². The first-order valence-electron chi connectivity index (χ1n) is 11.8. The number of allylic oxidation sites excluding steroid dienone is 1. The van der Waals surface area contributed by atoms with Crippen LogP contribution < -0.4 is 0 Å². The van der Waals surface area contributed by atoms with Crippen LogP contribution in [0.25, 0.3) is 0 Å². The van der Waals surface area contributed by atoms with E-state index >= 15 is 0 Å². The van der Waals surface area contributed by atoms with Gasteiger partial charge in [0, 0.05) is 0 Å². The molecule has 0 radical (unpaired) electrons. The Morgan fingerprint density at radius 3 is 1.81 bits per heavy atom. The molecule has 0 heterocycles. The Morgan fingerprint density at radius 1 is 0.742 bits per heavy atom. The topological polar surface area (TPSA) is 109 Å². The molecule has 31 heavy (non-hydrogen) atoms. The molecular weight excluding hydrogens is 400 g/mol. The second-order valence-electron chi connectivity index (χ2n) is 9.13. The molecule has 0 aromatic rings. The van der Waals surface area contributed by atoms with E-state index in [-0.39, 0.29) is 39.6 Å². The highest BCUT2D eigenvalue weighted by Crippen LogP contribution is 2.19. The monoisotopic (exact) mass is 448 g/mol. The Kier molecular flexibility index (Phi) is 19.7.